The van der Waals surface area contributed by atoms with Gasteiger partial charge in [0.2, 0.25) is 23.6 Å². The van der Waals surface area contributed by atoms with Crippen LogP contribution in [0.15, 0.2) is 42.5 Å². The first-order valence-corrected chi connectivity index (χ1v) is 16.7. The van der Waals surface area contributed by atoms with Gasteiger partial charge in [-0.15, -0.1) is 0 Å². The summed E-state index contributed by atoms with van der Waals surface area (Å²) in [6.07, 6.45) is -3.69. The van der Waals surface area contributed by atoms with Gasteiger partial charge in [0.05, 0.1) is 17.5 Å². The number of H-pyrrole nitrogens is 1. The van der Waals surface area contributed by atoms with Crippen molar-refractivity contribution in [2.24, 2.45) is 11.8 Å². The summed E-state index contributed by atoms with van der Waals surface area (Å²) >= 11 is 0. The van der Waals surface area contributed by atoms with Crippen LogP contribution >= 0.6 is 0 Å². The standard InChI is InChI=1S/C36H45F4N5O4/c1-6-20(3)29(19-41-22(5)46)43-34(49)35(16-15-28-25(18-35)24-12-10-13-26(32(24)42-28)36(38,39)40)45-33(48)31(21(4)7-2)44-30(47)17-23-11-8-9-14-27(23)37/h8-14,20-21,29,31,42H,6-7,15-19H2,1-5H3,(H,41,46)(H,43,49)(H,44,47)(H,45,48)/t20-,21?,29?,31-,35+/m0/s1. The van der Waals surface area contributed by atoms with Crippen molar-refractivity contribution >= 4 is 34.5 Å². The van der Waals surface area contributed by atoms with Crippen LogP contribution in [0.25, 0.3) is 10.9 Å². The number of fused-ring (bicyclic) bond motifs is 3. The first kappa shape index (κ1) is 37.4. The molecule has 2 aromatic carbocycles. The number of nitrogens with one attached hydrogen (secondary N) is 5. The summed E-state index contributed by atoms with van der Waals surface area (Å²) in [5, 5.41) is 11.7. The fraction of sp³-hybridized carbons (Fsp3) is 0.500. The highest BCUT2D eigenvalue weighted by Gasteiger charge is 2.47. The highest BCUT2D eigenvalue weighted by atomic mass is 19.4. The van der Waals surface area contributed by atoms with Gasteiger partial charge in [-0.2, -0.15) is 13.2 Å². The van der Waals surface area contributed by atoms with E-state index in [2.05, 4.69) is 26.3 Å². The molecule has 266 valence electrons. The van der Waals surface area contributed by atoms with Gasteiger partial charge < -0.3 is 26.3 Å². The lowest BCUT2D eigenvalue weighted by molar-refractivity contribution is -0.137. The average Bonchev–Trinajstić information content (AvgIpc) is 3.42. The van der Waals surface area contributed by atoms with Gasteiger partial charge in [0.15, 0.2) is 0 Å². The second-order valence-corrected chi connectivity index (χ2v) is 13.2. The third kappa shape index (κ3) is 8.60. The lowest BCUT2D eigenvalue weighted by atomic mass is 9.78. The Morgan fingerprint density at radius 1 is 0.959 bits per heavy atom. The van der Waals surface area contributed by atoms with Crippen molar-refractivity contribution < 1.29 is 36.7 Å². The summed E-state index contributed by atoms with van der Waals surface area (Å²) < 4.78 is 56.2. The zero-order valence-electron chi connectivity index (χ0n) is 28.4. The molecule has 2 unspecified atom stereocenters. The Balaban J connectivity index is 1.72. The predicted molar refractivity (Wildman–Crippen MR) is 178 cm³/mol. The number of aromatic amines is 1. The molecule has 0 spiro atoms. The molecule has 0 saturated heterocycles. The van der Waals surface area contributed by atoms with Crippen LogP contribution in [0.3, 0.4) is 0 Å². The monoisotopic (exact) mass is 687 g/mol. The average molecular weight is 688 g/mol. The van der Waals surface area contributed by atoms with E-state index in [1.54, 1.807) is 19.1 Å². The van der Waals surface area contributed by atoms with Crippen molar-refractivity contribution in [1.29, 1.82) is 0 Å². The number of alkyl halides is 3. The number of hydrogen-bond acceptors (Lipinski definition) is 4. The second kappa shape index (κ2) is 15.4. The molecule has 0 fully saturated rings. The maximum Gasteiger partial charge on any atom is 0.418 e. The van der Waals surface area contributed by atoms with E-state index in [1.807, 2.05) is 20.8 Å². The van der Waals surface area contributed by atoms with E-state index in [0.717, 1.165) is 6.07 Å². The Labute approximate surface area is 283 Å². The van der Waals surface area contributed by atoms with E-state index < -0.39 is 52.9 Å². The minimum absolute atomic E-state index is 0.0511. The smallest absolute Gasteiger partial charge is 0.358 e. The van der Waals surface area contributed by atoms with E-state index in [9.17, 15) is 36.7 Å². The topological polar surface area (TPSA) is 132 Å². The van der Waals surface area contributed by atoms with Crippen LogP contribution in [0, 0.1) is 17.7 Å². The van der Waals surface area contributed by atoms with Crippen molar-refractivity contribution in [2.75, 3.05) is 6.54 Å². The number of carbonyl (C=O) groups is 4. The third-order valence-electron chi connectivity index (χ3n) is 9.75. The van der Waals surface area contributed by atoms with Crippen LogP contribution in [0.1, 0.15) is 76.3 Å². The van der Waals surface area contributed by atoms with Gasteiger partial charge in [0.25, 0.3) is 0 Å². The zero-order chi connectivity index (χ0) is 36.1. The fourth-order valence-corrected chi connectivity index (χ4v) is 6.36. The van der Waals surface area contributed by atoms with Gasteiger partial charge in [0, 0.05) is 37.0 Å². The van der Waals surface area contributed by atoms with Crippen LogP contribution in [-0.4, -0.2) is 52.8 Å². The second-order valence-electron chi connectivity index (χ2n) is 13.2. The van der Waals surface area contributed by atoms with E-state index in [0.29, 0.717) is 29.5 Å². The number of amides is 4. The lowest BCUT2D eigenvalue weighted by Crippen LogP contribution is -2.66. The van der Waals surface area contributed by atoms with Crippen LogP contribution < -0.4 is 21.3 Å². The minimum atomic E-state index is -4.62. The number of hydrogen-bond donors (Lipinski definition) is 5. The molecule has 5 N–H and O–H groups in total. The Morgan fingerprint density at radius 3 is 2.29 bits per heavy atom. The number of carbonyl (C=O) groups excluding carboxylic acids is 4. The van der Waals surface area contributed by atoms with Crippen molar-refractivity contribution in [3.05, 3.63) is 70.7 Å². The Kier molecular flexibility index (Phi) is 11.8. The SMILES string of the molecule is CCC(C)[C@H](NC(=O)Cc1ccccc1F)C(=O)N[C@]1(C(=O)NC(CNC(C)=O)[C@@H](C)CC)CCc2[nH]c3c(C(F)(F)F)cccc3c2C1. The van der Waals surface area contributed by atoms with Crippen molar-refractivity contribution in [3.63, 3.8) is 0 Å². The highest BCUT2D eigenvalue weighted by Crippen LogP contribution is 2.40. The first-order chi connectivity index (χ1) is 23.1. The van der Waals surface area contributed by atoms with E-state index >= 15 is 0 Å². The molecule has 0 aliphatic heterocycles. The largest absolute Gasteiger partial charge is 0.418 e. The Morgan fingerprint density at radius 2 is 1.65 bits per heavy atom. The summed E-state index contributed by atoms with van der Waals surface area (Å²) in [4.78, 5) is 56.4. The maximum absolute atomic E-state index is 14.4. The molecule has 4 rings (SSSR count). The first-order valence-electron chi connectivity index (χ1n) is 16.7. The van der Waals surface area contributed by atoms with Crippen molar-refractivity contribution in [3.8, 4) is 0 Å². The summed E-state index contributed by atoms with van der Waals surface area (Å²) in [5.74, 6) is -3.09. The molecule has 0 radical (unpaired) electrons. The number of aryl methyl sites for hydroxylation is 1. The summed E-state index contributed by atoms with van der Waals surface area (Å²) in [7, 11) is 0. The quantitative estimate of drug-likeness (QED) is 0.160. The van der Waals surface area contributed by atoms with E-state index in [4.69, 9.17) is 0 Å². The molecule has 9 nitrogen and oxygen atoms in total. The number of rotatable bonds is 13. The molecule has 1 aromatic heterocycles. The summed E-state index contributed by atoms with van der Waals surface area (Å²) in [6, 6.07) is 8.07. The number of halogens is 4. The van der Waals surface area contributed by atoms with E-state index in [-0.39, 0.29) is 61.1 Å². The van der Waals surface area contributed by atoms with Crippen LogP contribution in [0.4, 0.5) is 17.6 Å². The molecular weight excluding hydrogens is 642 g/mol. The summed E-state index contributed by atoms with van der Waals surface area (Å²) in [6.45, 7) is 8.96. The molecule has 0 saturated carbocycles. The van der Waals surface area contributed by atoms with Gasteiger partial charge in [-0.3, -0.25) is 19.2 Å². The van der Waals surface area contributed by atoms with E-state index in [1.165, 1.54) is 31.2 Å². The van der Waals surface area contributed by atoms with Gasteiger partial charge >= 0.3 is 6.18 Å². The van der Waals surface area contributed by atoms with Crippen molar-refractivity contribution in [1.82, 2.24) is 26.3 Å². The summed E-state index contributed by atoms with van der Waals surface area (Å²) in [5.41, 5.74) is -1.36. The Bertz CT molecular complexity index is 1690. The zero-order valence-corrected chi connectivity index (χ0v) is 28.4. The molecule has 1 heterocycles. The molecular formula is C36H45F4N5O4. The molecule has 4 amide bonds. The normalized spacial score (nSPS) is 18.5. The fourth-order valence-electron chi connectivity index (χ4n) is 6.36. The van der Waals surface area contributed by atoms with Gasteiger partial charge in [-0.1, -0.05) is 70.9 Å². The molecule has 49 heavy (non-hydrogen) atoms. The number of para-hydroxylation sites is 1. The number of benzene rings is 2. The maximum atomic E-state index is 14.4. The highest BCUT2D eigenvalue weighted by molar-refractivity contribution is 5.97. The van der Waals surface area contributed by atoms with Crippen LogP contribution in [0.2, 0.25) is 0 Å². The van der Waals surface area contributed by atoms with Crippen molar-refractivity contribution in [2.45, 2.75) is 96.9 Å². The molecule has 1 aliphatic rings. The van der Waals surface area contributed by atoms with Crippen LogP contribution in [0.5, 0.6) is 0 Å². The third-order valence-corrected chi connectivity index (χ3v) is 9.75. The molecule has 13 heteroatoms. The van der Waals surface area contributed by atoms with Gasteiger partial charge in [-0.05, 0) is 47.9 Å². The van der Waals surface area contributed by atoms with Crippen LogP contribution in [-0.2, 0) is 44.6 Å². The Hall–Kier alpha value is -4.42. The van der Waals surface area contributed by atoms with Gasteiger partial charge in [-0.25, -0.2) is 4.39 Å². The molecule has 3 aromatic rings. The lowest BCUT2D eigenvalue weighted by Gasteiger charge is -2.40. The molecule has 0 bridgehead atoms. The number of aromatic nitrogens is 1. The molecule has 5 atom stereocenters. The molecule has 1 aliphatic carbocycles. The van der Waals surface area contributed by atoms with Gasteiger partial charge in [0.1, 0.15) is 17.4 Å². The minimum Gasteiger partial charge on any atom is -0.358 e. The predicted octanol–water partition coefficient (Wildman–Crippen LogP) is 5.11.